The molecule has 0 spiro atoms. The lowest BCUT2D eigenvalue weighted by Crippen LogP contribution is -2.43. The van der Waals surface area contributed by atoms with Crippen molar-refractivity contribution in [3.05, 3.63) is 0 Å². The fourth-order valence-corrected chi connectivity index (χ4v) is 2.53. The van der Waals surface area contributed by atoms with Gasteiger partial charge >= 0.3 is 5.97 Å². The zero-order valence-corrected chi connectivity index (χ0v) is 13.1. The third-order valence-corrected chi connectivity index (χ3v) is 4.11. The molecule has 2 N–H and O–H groups in total. The third-order valence-electron chi connectivity index (χ3n) is 4.11. The van der Waals surface area contributed by atoms with E-state index in [-0.39, 0.29) is 0 Å². The molecular formula is C15H30N2O3. The lowest BCUT2D eigenvalue weighted by atomic mass is 10.1. The van der Waals surface area contributed by atoms with Crippen LogP contribution in [0.25, 0.3) is 0 Å². The molecule has 20 heavy (non-hydrogen) atoms. The zero-order valence-electron chi connectivity index (χ0n) is 13.1. The molecular weight excluding hydrogens is 256 g/mol. The molecule has 2 atom stereocenters. The minimum Gasteiger partial charge on any atom is -0.480 e. The monoisotopic (exact) mass is 286 g/mol. The highest BCUT2D eigenvalue weighted by Crippen LogP contribution is 2.35. The van der Waals surface area contributed by atoms with Crippen LogP contribution in [0.5, 0.6) is 0 Å². The first kappa shape index (κ1) is 17.4. The van der Waals surface area contributed by atoms with Crippen molar-refractivity contribution >= 4 is 5.97 Å². The van der Waals surface area contributed by atoms with Gasteiger partial charge in [0.25, 0.3) is 0 Å². The summed E-state index contributed by atoms with van der Waals surface area (Å²) >= 11 is 0. The summed E-state index contributed by atoms with van der Waals surface area (Å²) in [6.07, 6.45) is 4.22. The van der Waals surface area contributed by atoms with E-state index in [0.29, 0.717) is 19.1 Å². The van der Waals surface area contributed by atoms with Crippen LogP contribution in [-0.2, 0) is 9.53 Å². The Morgan fingerprint density at radius 3 is 2.65 bits per heavy atom. The van der Waals surface area contributed by atoms with Crippen LogP contribution >= 0.6 is 0 Å². The number of aliphatic carboxylic acids is 1. The topological polar surface area (TPSA) is 61.8 Å². The van der Waals surface area contributed by atoms with Gasteiger partial charge in [0, 0.05) is 26.2 Å². The molecule has 5 heteroatoms. The minimum atomic E-state index is -0.746. The van der Waals surface area contributed by atoms with Crippen LogP contribution in [0.1, 0.15) is 39.5 Å². The number of carboxylic acids is 1. The van der Waals surface area contributed by atoms with Crippen molar-refractivity contribution in [2.45, 2.75) is 51.6 Å². The molecule has 0 bridgehead atoms. The summed E-state index contributed by atoms with van der Waals surface area (Å²) in [5.74, 6) is 0.0444. The number of carboxylic acid groups (broad SMARTS) is 1. The van der Waals surface area contributed by atoms with Crippen LogP contribution in [0, 0.1) is 5.92 Å². The fraction of sp³-hybridized carbons (Fsp3) is 0.933. The molecule has 1 aliphatic carbocycles. The Morgan fingerprint density at radius 1 is 1.45 bits per heavy atom. The van der Waals surface area contributed by atoms with Crippen molar-refractivity contribution in [1.82, 2.24) is 10.2 Å². The molecule has 1 aliphatic rings. The summed E-state index contributed by atoms with van der Waals surface area (Å²) in [6, 6.07) is 0.0946. The number of carbonyl (C=O) groups is 1. The standard InChI is InChI=1S/C15H30N2O3/c1-4-8-16-14(15(18)19)7-9-17(10-11-20-3)12(2)13-5-6-13/h12-14,16H,4-11H2,1-3H3,(H,18,19). The number of rotatable bonds is 12. The summed E-state index contributed by atoms with van der Waals surface area (Å²) in [5.41, 5.74) is 0. The van der Waals surface area contributed by atoms with Gasteiger partial charge in [0.2, 0.25) is 0 Å². The second-order valence-corrected chi connectivity index (χ2v) is 5.74. The normalized spacial score (nSPS) is 18.2. The highest BCUT2D eigenvalue weighted by atomic mass is 16.5. The molecule has 0 aromatic carbocycles. The molecule has 1 saturated carbocycles. The first-order valence-electron chi connectivity index (χ1n) is 7.79. The summed E-state index contributed by atoms with van der Waals surface area (Å²) < 4.78 is 5.17. The van der Waals surface area contributed by atoms with Crippen molar-refractivity contribution in [2.75, 3.05) is 33.4 Å². The lowest BCUT2D eigenvalue weighted by Gasteiger charge is -2.30. The first-order chi connectivity index (χ1) is 9.60. The number of methoxy groups -OCH3 is 1. The Hall–Kier alpha value is -0.650. The number of hydrogen-bond acceptors (Lipinski definition) is 4. The highest BCUT2D eigenvalue weighted by molar-refractivity contribution is 5.73. The number of nitrogens with one attached hydrogen (secondary N) is 1. The molecule has 0 amide bonds. The lowest BCUT2D eigenvalue weighted by molar-refractivity contribution is -0.139. The van der Waals surface area contributed by atoms with Crippen molar-refractivity contribution in [3.63, 3.8) is 0 Å². The SMILES string of the molecule is CCCNC(CCN(CCOC)C(C)C1CC1)C(=O)O. The summed E-state index contributed by atoms with van der Waals surface area (Å²) in [7, 11) is 1.71. The molecule has 5 nitrogen and oxygen atoms in total. The van der Waals surface area contributed by atoms with E-state index >= 15 is 0 Å². The van der Waals surface area contributed by atoms with Gasteiger partial charge in [0.15, 0.2) is 0 Å². The minimum absolute atomic E-state index is 0.439. The maximum atomic E-state index is 11.2. The van der Waals surface area contributed by atoms with E-state index in [9.17, 15) is 9.90 Å². The second-order valence-electron chi connectivity index (χ2n) is 5.74. The van der Waals surface area contributed by atoms with E-state index < -0.39 is 12.0 Å². The van der Waals surface area contributed by atoms with Crippen molar-refractivity contribution in [2.24, 2.45) is 5.92 Å². The Balaban J connectivity index is 2.43. The average molecular weight is 286 g/mol. The predicted molar refractivity (Wildman–Crippen MR) is 80.0 cm³/mol. The van der Waals surface area contributed by atoms with E-state index in [2.05, 4.69) is 17.1 Å². The van der Waals surface area contributed by atoms with E-state index in [4.69, 9.17) is 4.74 Å². The van der Waals surface area contributed by atoms with Gasteiger partial charge < -0.3 is 15.2 Å². The molecule has 0 heterocycles. The van der Waals surface area contributed by atoms with Gasteiger partial charge in [0.1, 0.15) is 6.04 Å². The van der Waals surface area contributed by atoms with E-state index in [1.54, 1.807) is 7.11 Å². The molecule has 0 aliphatic heterocycles. The molecule has 1 rings (SSSR count). The summed E-state index contributed by atoms with van der Waals surface area (Å²) in [6.45, 7) is 7.46. The van der Waals surface area contributed by atoms with Crippen LogP contribution < -0.4 is 5.32 Å². The quantitative estimate of drug-likeness (QED) is 0.570. The van der Waals surface area contributed by atoms with Crippen LogP contribution in [-0.4, -0.2) is 61.4 Å². The molecule has 0 aromatic rings. The van der Waals surface area contributed by atoms with E-state index in [1.165, 1.54) is 12.8 Å². The highest BCUT2D eigenvalue weighted by Gasteiger charge is 2.32. The Bertz CT molecular complexity index is 282. The first-order valence-corrected chi connectivity index (χ1v) is 7.79. The molecule has 118 valence electrons. The Labute approximate surface area is 122 Å². The van der Waals surface area contributed by atoms with Crippen LogP contribution in [0.3, 0.4) is 0 Å². The van der Waals surface area contributed by atoms with Crippen LogP contribution in [0.2, 0.25) is 0 Å². The van der Waals surface area contributed by atoms with Gasteiger partial charge in [-0.05, 0) is 45.1 Å². The van der Waals surface area contributed by atoms with Gasteiger partial charge in [-0.2, -0.15) is 0 Å². The molecule has 0 radical (unpaired) electrons. The second kappa shape index (κ2) is 9.32. The fourth-order valence-electron chi connectivity index (χ4n) is 2.53. The zero-order chi connectivity index (χ0) is 15.0. The average Bonchev–Trinajstić information content (AvgIpc) is 3.25. The predicted octanol–water partition coefficient (Wildman–Crippen LogP) is 1.58. The van der Waals surface area contributed by atoms with E-state index in [1.807, 2.05) is 6.92 Å². The molecule has 2 unspecified atom stereocenters. The van der Waals surface area contributed by atoms with Crippen molar-refractivity contribution in [1.29, 1.82) is 0 Å². The van der Waals surface area contributed by atoms with Gasteiger partial charge in [-0.15, -0.1) is 0 Å². The molecule has 0 aromatic heterocycles. The third kappa shape index (κ3) is 6.20. The Kier molecular flexibility index (Phi) is 8.11. The summed E-state index contributed by atoms with van der Waals surface area (Å²) in [5, 5.41) is 12.3. The van der Waals surface area contributed by atoms with E-state index in [0.717, 1.165) is 32.0 Å². The number of ether oxygens (including phenoxy) is 1. The van der Waals surface area contributed by atoms with Gasteiger partial charge in [-0.1, -0.05) is 6.92 Å². The maximum absolute atomic E-state index is 11.2. The van der Waals surface area contributed by atoms with Crippen molar-refractivity contribution < 1.29 is 14.6 Å². The number of nitrogens with zero attached hydrogens (tertiary/aromatic N) is 1. The number of hydrogen-bond donors (Lipinski definition) is 2. The molecule has 0 saturated heterocycles. The van der Waals surface area contributed by atoms with Gasteiger partial charge in [0.05, 0.1) is 6.61 Å². The van der Waals surface area contributed by atoms with Gasteiger partial charge in [-0.3, -0.25) is 9.69 Å². The van der Waals surface area contributed by atoms with Crippen LogP contribution in [0.15, 0.2) is 0 Å². The summed E-state index contributed by atoms with van der Waals surface area (Å²) in [4.78, 5) is 13.6. The van der Waals surface area contributed by atoms with Crippen molar-refractivity contribution in [3.8, 4) is 0 Å². The van der Waals surface area contributed by atoms with Gasteiger partial charge in [-0.25, -0.2) is 0 Å². The maximum Gasteiger partial charge on any atom is 0.320 e. The smallest absolute Gasteiger partial charge is 0.320 e. The van der Waals surface area contributed by atoms with Crippen LogP contribution in [0.4, 0.5) is 0 Å². The molecule has 1 fully saturated rings. The Morgan fingerprint density at radius 2 is 2.15 bits per heavy atom. The largest absolute Gasteiger partial charge is 0.480 e.